The topological polar surface area (TPSA) is 70.6 Å². The lowest BCUT2D eigenvalue weighted by atomic mass is 10.0. The van der Waals surface area contributed by atoms with Gasteiger partial charge in [-0.3, -0.25) is 0 Å². The summed E-state index contributed by atoms with van der Waals surface area (Å²) >= 11 is 11.9. The molecule has 1 aliphatic rings. The second-order valence-corrected chi connectivity index (χ2v) is 9.37. The van der Waals surface area contributed by atoms with Crippen molar-refractivity contribution in [2.45, 2.75) is 17.9 Å². The Morgan fingerprint density at radius 1 is 0.906 bits per heavy atom. The van der Waals surface area contributed by atoms with Gasteiger partial charge in [0.1, 0.15) is 10.7 Å². The summed E-state index contributed by atoms with van der Waals surface area (Å²) in [7, 11) is -4.28. The molecule has 0 saturated carbocycles. The van der Waals surface area contributed by atoms with Gasteiger partial charge in [0.25, 0.3) is 10.0 Å². The van der Waals surface area contributed by atoms with E-state index in [1.807, 2.05) is 0 Å². The van der Waals surface area contributed by atoms with E-state index in [-0.39, 0.29) is 40.8 Å². The van der Waals surface area contributed by atoms with Crippen LogP contribution in [0.1, 0.15) is 16.7 Å². The van der Waals surface area contributed by atoms with Crippen molar-refractivity contribution in [1.29, 1.82) is 0 Å². The number of benzene rings is 3. The quantitative estimate of drug-likeness (QED) is 0.514. The van der Waals surface area contributed by atoms with Gasteiger partial charge in [0.2, 0.25) is 5.96 Å². The molecule has 0 aliphatic carbocycles. The number of hydrogen-bond acceptors (Lipinski definition) is 3. The summed E-state index contributed by atoms with van der Waals surface area (Å²) in [6.07, 6.45) is -0.176. The highest BCUT2D eigenvalue weighted by Crippen LogP contribution is 2.35. The molecule has 0 unspecified atom stereocenters. The SMILES string of the molecule is O=S1(=O)NC(=NCc2cccc(Cl)c2F)Nc2c1cc(F)c(F)c2Cc1ccccc1Cl. The minimum Gasteiger partial charge on any atom is -0.324 e. The van der Waals surface area contributed by atoms with Crippen molar-refractivity contribution < 1.29 is 21.6 Å². The van der Waals surface area contributed by atoms with Crippen LogP contribution in [0.4, 0.5) is 18.9 Å². The largest absolute Gasteiger partial charge is 0.324 e. The van der Waals surface area contributed by atoms with E-state index in [1.54, 1.807) is 24.3 Å². The van der Waals surface area contributed by atoms with Crippen LogP contribution >= 0.6 is 23.2 Å². The fourth-order valence-corrected chi connectivity index (χ4v) is 4.81. The van der Waals surface area contributed by atoms with Gasteiger partial charge in [-0.05, 0) is 23.8 Å². The summed E-state index contributed by atoms with van der Waals surface area (Å²) in [5, 5.41) is 2.89. The number of hydrogen-bond donors (Lipinski definition) is 2. The summed E-state index contributed by atoms with van der Waals surface area (Å²) in [4.78, 5) is 3.56. The second-order valence-electron chi connectivity index (χ2n) is 6.90. The number of halogens is 5. The van der Waals surface area contributed by atoms with Crippen LogP contribution in [-0.2, 0) is 23.0 Å². The molecule has 1 aliphatic heterocycles. The van der Waals surface area contributed by atoms with E-state index in [1.165, 1.54) is 18.2 Å². The minimum absolute atomic E-state index is 0.107. The standard InChI is InChI=1S/C21H14Cl2F3N3O2S/c22-14-6-2-1-4-11(14)8-13-19(26)16(24)9-17-20(13)28-21(29-32(17,30)31)27-10-12-5-3-7-15(23)18(12)25/h1-7,9H,8,10H2,(H2,27,28,29). The molecule has 32 heavy (non-hydrogen) atoms. The first-order valence-corrected chi connectivity index (χ1v) is 11.4. The molecule has 0 saturated heterocycles. The van der Waals surface area contributed by atoms with Crippen molar-refractivity contribution in [2.75, 3.05) is 5.32 Å². The van der Waals surface area contributed by atoms with Crippen LogP contribution in [0.25, 0.3) is 0 Å². The zero-order valence-corrected chi connectivity index (χ0v) is 18.4. The molecule has 3 aromatic rings. The monoisotopic (exact) mass is 499 g/mol. The fraction of sp³-hybridized carbons (Fsp3) is 0.0952. The molecule has 166 valence electrons. The van der Waals surface area contributed by atoms with E-state index in [2.05, 4.69) is 15.0 Å². The van der Waals surface area contributed by atoms with Gasteiger partial charge in [0, 0.05) is 22.6 Å². The molecule has 11 heteroatoms. The predicted molar refractivity (Wildman–Crippen MR) is 117 cm³/mol. The van der Waals surface area contributed by atoms with E-state index in [0.717, 1.165) is 0 Å². The van der Waals surface area contributed by atoms with Crippen LogP contribution in [-0.4, -0.2) is 14.4 Å². The lowest BCUT2D eigenvalue weighted by Gasteiger charge is -2.25. The molecule has 0 amide bonds. The van der Waals surface area contributed by atoms with Gasteiger partial charge in [-0.25, -0.2) is 31.3 Å². The van der Waals surface area contributed by atoms with Crippen molar-refractivity contribution in [3.05, 3.63) is 92.7 Å². The van der Waals surface area contributed by atoms with Crippen LogP contribution in [0.3, 0.4) is 0 Å². The molecule has 3 aromatic carbocycles. The third kappa shape index (κ3) is 4.28. The van der Waals surface area contributed by atoms with Gasteiger partial charge < -0.3 is 5.32 Å². The molecule has 0 spiro atoms. The molecule has 0 bridgehead atoms. The zero-order chi connectivity index (χ0) is 23.0. The van der Waals surface area contributed by atoms with Crippen LogP contribution in [0.2, 0.25) is 10.0 Å². The van der Waals surface area contributed by atoms with Crippen molar-refractivity contribution in [3.8, 4) is 0 Å². The van der Waals surface area contributed by atoms with Gasteiger partial charge in [0.05, 0.1) is 17.3 Å². The maximum Gasteiger partial charge on any atom is 0.266 e. The van der Waals surface area contributed by atoms with Crippen LogP contribution in [0, 0.1) is 17.5 Å². The number of guanidine groups is 1. The maximum absolute atomic E-state index is 14.8. The minimum atomic E-state index is -4.28. The molecule has 0 radical (unpaired) electrons. The average Bonchev–Trinajstić information content (AvgIpc) is 2.74. The molecule has 0 aromatic heterocycles. The first kappa shape index (κ1) is 22.4. The third-order valence-electron chi connectivity index (χ3n) is 4.81. The summed E-state index contributed by atoms with van der Waals surface area (Å²) in [5.41, 5.74) is 0.184. The van der Waals surface area contributed by atoms with E-state index >= 15 is 0 Å². The van der Waals surface area contributed by atoms with Gasteiger partial charge in [0.15, 0.2) is 11.6 Å². The normalized spacial score (nSPS) is 15.7. The second kappa shape index (κ2) is 8.65. The van der Waals surface area contributed by atoms with Crippen molar-refractivity contribution in [1.82, 2.24) is 4.72 Å². The molecule has 1 heterocycles. The summed E-state index contributed by atoms with van der Waals surface area (Å²) < 4.78 is 70.7. The molecular formula is C21H14Cl2F3N3O2S. The Bertz CT molecular complexity index is 1360. The lowest BCUT2D eigenvalue weighted by Crippen LogP contribution is -2.41. The predicted octanol–water partition coefficient (Wildman–Crippen LogP) is 5.26. The number of anilines is 1. The van der Waals surface area contributed by atoms with Gasteiger partial charge in [-0.15, -0.1) is 0 Å². The number of aliphatic imine (C=N–C) groups is 1. The van der Waals surface area contributed by atoms with E-state index in [9.17, 15) is 21.6 Å². The highest BCUT2D eigenvalue weighted by atomic mass is 35.5. The molecular weight excluding hydrogens is 486 g/mol. The van der Waals surface area contributed by atoms with Crippen molar-refractivity contribution in [3.63, 3.8) is 0 Å². The third-order valence-corrected chi connectivity index (χ3v) is 6.83. The first-order valence-electron chi connectivity index (χ1n) is 9.19. The highest BCUT2D eigenvalue weighted by molar-refractivity contribution is 7.90. The Morgan fingerprint density at radius 3 is 2.34 bits per heavy atom. The summed E-state index contributed by atoms with van der Waals surface area (Å²) in [6.45, 7) is -0.254. The van der Waals surface area contributed by atoms with E-state index in [4.69, 9.17) is 23.2 Å². The van der Waals surface area contributed by atoms with Gasteiger partial charge >= 0.3 is 0 Å². The number of nitrogens with zero attached hydrogens (tertiary/aromatic N) is 1. The van der Waals surface area contributed by atoms with Gasteiger partial charge in [-0.2, -0.15) is 0 Å². The number of sulfonamides is 1. The fourth-order valence-electron chi connectivity index (χ4n) is 3.23. The summed E-state index contributed by atoms with van der Waals surface area (Å²) in [6, 6.07) is 11.5. The first-order chi connectivity index (χ1) is 15.2. The van der Waals surface area contributed by atoms with Crippen LogP contribution in [0.15, 0.2) is 58.4 Å². The Hall–Kier alpha value is -2.75. The zero-order valence-electron chi connectivity index (χ0n) is 16.1. The highest BCUT2D eigenvalue weighted by Gasteiger charge is 2.32. The molecule has 2 N–H and O–H groups in total. The van der Waals surface area contributed by atoms with E-state index < -0.39 is 32.4 Å². The van der Waals surface area contributed by atoms with Crippen LogP contribution < -0.4 is 10.0 Å². The van der Waals surface area contributed by atoms with Crippen molar-refractivity contribution >= 4 is 44.9 Å². The molecule has 4 rings (SSSR count). The van der Waals surface area contributed by atoms with Gasteiger partial charge in [-0.1, -0.05) is 53.5 Å². The van der Waals surface area contributed by atoms with Crippen LogP contribution in [0.5, 0.6) is 0 Å². The average molecular weight is 500 g/mol. The number of nitrogens with one attached hydrogen (secondary N) is 2. The molecule has 5 nitrogen and oxygen atoms in total. The Morgan fingerprint density at radius 2 is 1.59 bits per heavy atom. The number of rotatable bonds is 4. The Labute approximate surface area is 191 Å². The smallest absolute Gasteiger partial charge is 0.266 e. The van der Waals surface area contributed by atoms with Crippen molar-refractivity contribution in [2.24, 2.45) is 4.99 Å². The maximum atomic E-state index is 14.8. The number of fused-ring (bicyclic) bond motifs is 1. The Kier molecular flexibility index (Phi) is 6.07. The summed E-state index contributed by atoms with van der Waals surface area (Å²) in [5.74, 6) is -3.50. The Balaban J connectivity index is 1.77. The lowest BCUT2D eigenvalue weighted by molar-refractivity contribution is 0.497. The molecule has 0 atom stereocenters. The molecule has 0 fully saturated rings. The van der Waals surface area contributed by atoms with E-state index in [0.29, 0.717) is 16.7 Å².